The van der Waals surface area contributed by atoms with Crippen LogP contribution in [0.3, 0.4) is 0 Å². The van der Waals surface area contributed by atoms with E-state index in [-0.39, 0.29) is 28.7 Å². The number of ketones is 4. The van der Waals surface area contributed by atoms with Gasteiger partial charge in [-0.15, -0.1) is 0 Å². The summed E-state index contributed by atoms with van der Waals surface area (Å²) in [5, 5.41) is 0. The number of hydrogen-bond donors (Lipinski definition) is 0. The van der Waals surface area contributed by atoms with E-state index in [1.165, 1.54) is 19.3 Å². The minimum atomic E-state index is -0.139. The maximum Gasteiger partial charge on any atom is 0.159 e. The van der Waals surface area contributed by atoms with E-state index in [1.54, 1.807) is 27.7 Å². The van der Waals surface area contributed by atoms with Gasteiger partial charge in [0.1, 0.15) is 17.3 Å². The predicted molar refractivity (Wildman–Crippen MR) is 129 cm³/mol. The van der Waals surface area contributed by atoms with Gasteiger partial charge in [-0.25, -0.2) is 0 Å². The van der Waals surface area contributed by atoms with Crippen LogP contribution in [0.2, 0.25) is 0 Å². The quantitative estimate of drug-likeness (QED) is 0.487. The lowest BCUT2D eigenvalue weighted by molar-refractivity contribution is -0.124. The Morgan fingerprint density at radius 2 is 1.19 bits per heavy atom. The lowest BCUT2D eigenvalue weighted by Crippen LogP contribution is -2.15. The topological polar surface area (TPSA) is 68.3 Å². The van der Waals surface area contributed by atoms with E-state index in [4.69, 9.17) is 0 Å². The molecule has 0 radical (unpaired) electrons. The van der Waals surface area contributed by atoms with Crippen LogP contribution in [0, 0.1) is 17.3 Å². The first-order valence-electron chi connectivity index (χ1n) is 11.3. The number of rotatable bonds is 3. The molecule has 0 aliphatic heterocycles. The summed E-state index contributed by atoms with van der Waals surface area (Å²) < 4.78 is 0. The van der Waals surface area contributed by atoms with Crippen LogP contribution in [0.25, 0.3) is 0 Å². The largest absolute Gasteiger partial charge is 0.300 e. The maximum absolute atomic E-state index is 10.8. The smallest absolute Gasteiger partial charge is 0.159 e. The molecule has 1 saturated carbocycles. The van der Waals surface area contributed by atoms with Gasteiger partial charge in [-0.05, 0) is 40.5 Å². The fourth-order valence-corrected chi connectivity index (χ4v) is 2.18. The summed E-state index contributed by atoms with van der Waals surface area (Å²) in [5.74, 6) is 1.65. The van der Waals surface area contributed by atoms with Gasteiger partial charge < -0.3 is 0 Å². The highest BCUT2D eigenvalue weighted by Crippen LogP contribution is 2.23. The minimum absolute atomic E-state index is 0.121. The Kier molecular flexibility index (Phi) is 16.6. The summed E-state index contributed by atoms with van der Waals surface area (Å²) >= 11 is 0. The van der Waals surface area contributed by atoms with E-state index >= 15 is 0 Å². The van der Waals surface area contributed by atoms with Crippen LogP contribution in [-0.4, -0.2) is 23.1 Å². The van der Waals surface area contributed by atoms with Gasteiger partial charge in [0.05, 0.1) is 0 Å². The molecule has 4 heteroatoms. The second-order valence-corrected chi connectivity index (χ2v) is 9.44. The summed E-state index contributed by atoms with van der Waals surface area (Å²) in [5.41, 5.74) is 0.637. The summed E-state index contributed by atoms with van der Waals surface area (Å²) in [4.78, 5) is 42.1. The van der Waals surface area contributed by atoms with E-state index in [1.807, 2.05) is 65.0 Å². The zero-order valence-electron chi connectivity index (χ0n) is 21.2. The molecule has 176 valence electrons. The van der Waals surface area contributed by atoms with Gasteiger partial charge in [0, 0.05) is 22.8 Å². The highest BCUT2D eigenvalue weighted by molar-refractivity contribution is 5.93. The first-order valence-corrected chi connectivity index (χ1v) is 11.3. The molecule has 0 aromatic heterocycles. The standard InChI is InChI=1S/C8H14O.C8H8O.C6H12O.C5H10O/c2*1-7(9)8-5-3-2-4-6-8;1-5(7)6(2,3)4;1-4(2)5(3)6/h8H,2-6H2,1H3;2-6H,1H3;1-4H3;4H,1-3H3. The van der Waals surface area contributed by atoms with Crippen LogP contribution in [0.4, 0.5) is 0 Å². The van der Waals surface area contributed by atoms with Crippen molar-refractivity contribution >= 4 is 23.1 Å². The van der Waals surface area contributed by atoms with Crippen molar-refractivity contribution < 1.29 is 19.2 Å². The molecule has 0 atom stereocenters. The molecule has 4 nitrogen and oxygen atoms in total. The van der Waals surface area contributed by atoms with E-state index < -0.39 is 0 Å². The molecule has 0 heterocycles. The van der Waals surface area contributed by atoms with Crippen LogP contribution in [-0.2, 0) is 14.4 Å². The van der Waals surface area contributed by atoms with Gasteiger partial charge in [-0.1, -0.05) is 84.2 Å². The van der Waals surface area contributed by atoms with E-state index in [0.717, 1.165) is 18.4 Å². The minimum Gasteiger partial charge on any atom is -0.300 e. The lowest BCUT2D eigenvalue weighted by Gasteiger charge is -2.17. The molecule has 1 aliphatic rings. The van der Waals surface area contributed by atoms with Gasteiger partial charge in [0.2, 0.25) is 0 Å². The number of Topliss-reactive ketones (excluding diaryl/α,β-unsaturated/α-hetero) is 4. The third-order valence-corrected chi connectivity index (χ3v) is 5.23. The Balaban J connectivity index is 0. The molecule has 1 aliphatic carbocycles. The molecule has 1 aromatic rings. The molecular weight excluding hydrogens is 388 g/mol. The highest BCUT2D eigenvalue weighted by atomic mass is 16.1. The van der Waals surface area contributed by atoms with Gasteiger partial charge >= 0.3 is 0 Å². The van der Waals surface area contributed by atoms with E-state index in [2.05, 4.69) is 0 Å². The Labute approximate surface area is 190 Å². The normalized spacial score (nSPS) is 13.4. The molecule has 0 N–H and O–H groups in total. The van der Waals surface area contributed by atoms with Crippen molar-refractivity contribution in [1.82, 2.24) is 0 Å². The third kappa shape index (κ3) is 18.4. The van der Waals surface area contributed by atoms with Crippen molar-refractivity contribution in [3.8, 4) is 0 Å². The molecule has 0 spiro atoms. The average Bonchev–Trinajstić information content (AvgIpc) is 2.70. The second kappa shape index (κ2) is 16.6. The van der Waals surface area contributed by atoms with Crippen molar-refractivity contribution in [2.45, 2.75) is 94.4 Å². The molecule has 2 rings (SSSR count). The number of carbonyl (C=O) groups excluding carboxylic acids is 4. The van der Waals surface area contributed by atoms with Crippen molar-refractivity contribution in [3.63, 3.8) is 0 Å². The molecule has 0 amide bonds. The Morgan fingerprint density at radius 1 is 0.806 bits per heavy atom. The Hall–Kier alpha value is -2.10. The lowest BCUT2D eigenvalue weighted by atomic mass is 9.87. The molecule has 0 unspecified atom stereocenters. The van der Waals surface area contributed by atoms with Crippen molar-refractivity contribution in [1.29, 1.82) is 0 Å². The number of carbonyl (C=O) groups is 4. The van der Waals surface area contributed by atoms with Crippen molar-refractivity contribution in [2.24, 2.45) is 17.3 Å². The molecule has 0 bridgehead atoms. The van der Waals surface area contributed by atoms with Crippen LogP contribution < -0.4 is 0 Å². The number of benzene rings is 1. The Bertz CT molecular complexity index is 660. The monoisotopic (exact) mass is 432 g/mol. The van der Waals surface area contributed by atoms with Gasteiger partial charge in [0.25, 0.3) is 0 Å². The average molecular weight is 433 g/mol. The van der Waals surface area contributed by atoms with Gasteiger partial charge in [-0.2, -0.15) is 0 Å². The summed E-state index contributed by atoms with van der Waals surface area (Å²) in [6.07, 6.45) is 6.17. The van der Waals surface area contributed by atoms with E-state index in [9.17, 15) is 19.2 Å². The van der Waals surface area contributed by atoms with Crippen molar-refractivity contribution in [2.75, 3.05) is 0 Å². The summed E-state index contributed by atoms with van der Waals surface area (Å²) in [6.45, 7) is 16.0. The van der Waals surface area contributed by atoms with Crippen LogP contribution >= 0.6 is 0 Å². The zero-order chi connectivity index (χ0) is 24.6. The molecule has 1 fully saturated rings. The first-order chi connectivity index (χ1) is 14.2. The van der Waals surface area contributed by atoms with E-state index in [0.29, 0.717) is 11.7 Å². The van der Waals surface area contributed by atoms with Gasteiger partial charge in [0.15, 0.2) is 5.78 Å². The number of hydrogen-bond acceptors (Lipinski definition) is 4. The molecule has 31 heavy (non-hydrogen) atoms. The Morgan fingerprint density at radius 3 is 1.39 bits per heavy atom. The van der Waals surface area contributed by atoms with Crippen LogP contribution in [0.1, 0.15) is 105 Å². The second-order valence-electron chi connectivity index (χ2n) is 9.44. The molecular formula is C27H44O4. The maximum atomic E-state index is 10.8. The first kappa shape index (κ1) is 31.1. The fraction of sp³-hybridized carbons (Fsp3) is 0.630. The molecule has 0 saturated heterocycles. The summed E-state index contributed by atoms with van der Waals surface area (Å²) in [6, 6.07) is 9.23. The predicted octanol–water partition coefficient (Wildman–Crippen LogP) is 6.90. The SMILES string of the molecule is CC(=O)C(C)(C)C.CC(=O)C(C)C.CC(=O)C1CCCCC1.CC(=O)c1ccccc1. The van der Waals surface area contributed by atoms with Crippen LogP contribution in [0.15, 0.2) is 30.3 Å². The van der Waals surface area contributed by atoms with Crippen molar-refractivity contribution in [3.05, 3.63) is 35.9 Å². The fourth-order valence-electron chi connectivity index (χ4n) is 2.18. The molecule has 1 aromatic carbocycles. The van der Waals surface area contributed by atoms with Gasteiger partial charge in [-0.3, -0.25) is 19.2 Å². The highest BCUT2D eigenvalue weighted by Gasteiger charge is 2.16. The third-order valence-electron chi connectivity index (χ3n) is 5.23. The zero-order valence-corrected chi connectivity index (χ0v) is 21.2. The van der Waals surface area contributed by atoms with Crippen LogP contribution in [0.5, 0.6) is 0 Å². The summed E-state index contributed by atoms with van der Waals surface area (Å²) in [7, 11) is 0.